The average Bonchev–Trinajstić information content (AvgIpc) is 3.50. The molecule has 234 valence electrons. The zero-order chi connectivity index (χ0) is 31.1. The standard InChI is InChI=1S/C29H36F3N5O6/c1-3-4-13-42-28(41)36-11-9-35(10-12-36)25(38)16-33-27(40)23-15-24(21-6-5-19(2)14-22(21)34-23)43-18-26(39)37-8-7-20(17-37)29(30,31)32/h5-6,14-15,20H,3-4,7-13,16-18H2,1-2H3,(H,33,40). The SMILES string of the molecule is CCCCOC(=O)N1CCN(C(=O)CNC(=O)c2cc(OCC(=O)N3CCC(C(F)(F)F)C3)c3ccc(C)cc3n2)CC1. The van der Waals surface area contributed by atoms with Gasteiger partial charge in [0.2, 0.25) is 5.91 Å². The summed E-state index contributed by atoms with van der Waals surface area (Å²) in [5.41, 5.74) is 1.23. The van der Waals surface area contributed by atoms with Gasteiger partial charge in [0.25, 0.3) is 11.8 Å². The van der Waals surface area contributed by atoms with Gasteiger partial charge in [-0.1, -0.05) is 19.4 Å². The monoisotopic (exact) mass is 607 g/mol. The molecule has 1 atom stereocenters. The van der Waals surface area contributed by atoms with Crippen LogP contribution in [0.15, 0.2) is 24.3 Å². The molecule has 4 amide bonds. The molecule has 1 aromatic heterocycles. The second-order valence-electron chi connectivity index (χ2n) is 10.7. The zero-order valence-electron chi connectivity index (χ0n) is 24.2. The third-order valence-electron chi connectivity index (χ3n) is 7.53. The Kier molecular flexibility index (Phi) is 10.3. The number of hydrogen-bond donors (Lipinski definition) is 1. The Morgan fingerprint density at radius 2 is 1.72 bits per heavy atom. The molecule has 2 aromatic rings. The van der Waals surface area contributed by atoms with Gasteiger partial charge in [0.05, 0.1) is 24.6 Å². The number of rotatable bonds is 9. The Balaban J connectivity index is 1.35. The lowest BCUT2D eigenvalue weighted by molar-refractivity contribution is -0.171. The predicted molar refractivity (Wildman–Crippen MR) is 149 cm³/mol. The van der Waals surface area contributed by atoms with Crippen LogP contribution in [0.4, 0.5) is 18.0 Å². The Labute approximate surface area is 247 Å². The maximum atomic E-state index is 13.0. The normalized spacial score (nSPS) is 17.2. The van der Waals surface area contributed by atoms with Gasteiger partial charge >= 0.3 is 12.3 Å². The summed E-state index contributed by atoms with van der Waals surface area (Å²) >= 11 is 0. The first kappa shape index (κ1) is 31.8. The van der Waals surface area contributed by atoms with Crippen molar-refractivity contribution in [3.05, 3.63) is 35.5 Å². The molecule has 0 bridgehead atoms. The largest absolute Gasteiger partial charge is 0.483 e. The van der Waals surface area contributed by atoms with Gasteiger partial charge in [0.1, 0.15) is 11.4 Å². The van der Waals surface area contributed by atoms with E-state index >= 15 is 0 Å². The number of aryl methyl sites for hydroxylation is 1. The smallest absolute Gasteiger partial charge is 0.409 e. The minimum absolute atomic E-state index is 0.0115. The van der Waals surface area contributed by atoms with E-state index in [2.05, 4.69) is 10.3 Å². The highest BCUT2D eigenvalue weighted by Crippen LogP contribution is 2.33. The fourth-order valence-electron chi connectivity index (χ4n) is 4.92. The lowest BCUT2D eigenvalue weighted by atomic mass is 10.1. The number of benzene rings is 1. The fraction of sp³-hybridized carbons (Fsp3) is 0.552. The summed E-state index contributed by atoms with van der Waals surface area (Å²) in [4.78, 5) is 59.1. The number of ether oxygens (including phenoxy) is 2. The molecule has 0 saturated carbocycles. The zero-order valence-corrected chi connectivity index (χ0v) is 24.2. The number of likely N-dealkylation sites (tertiary alicyclic amines) is 1. The summed E-state index contributed by atoms with van der Waals surface area (Å²) in [6.45, 7) is 4.22. The van der Waals surface area contributed by atoms with E-state index in [1.807, 2.05) is 13.8 Å². The van der Waals surface area contributed by atoms with Crippen molar-refractivity contribution in [1.82, 2.24) is 25.0 Å². The molecule has 4 rings (SSSR count). The van der Waals surface area contributed by atoms with Crippen molar-refractivity contribution in [3.8, 4) is 5.75 Å². The molecule has 43 heavy (non-hydrogen) atoms. The minimum atomic E-state index is -4.37. The highest BCUT2D eigenvalue weighted by Gasteiger charge is 2.44. The molecule has 2 fully saturated rings. The quantitative estimate of drug-likeness (QED) is 0.435. The van der Waals surface area contributed by atoms with Gasteiger partial charge in [-0.25, -0.2) is 9.78 Å². The number of carbonyl (C=O) groups excluding carboxylic acids is 4. The van der Waals surface area contributed by atoms with Crippen molar-refractivity contribution in [2.45, 2.75) is 39.3 Å². The highest BCUT2D eigenvalue weighted by atomic mass is 19.4. The van der Waals surface area contributed by atoms with Crippen LogP contribution in [0, 0.1) is 12.8 Å². The van der Waals surface area contributed by atoms with Crippen LogP contribution in [-0.4, -0.2) is 109 Å². The number of nitrogens with zero attached hydrogens (tertiary/aromatic N) is 4. The van der Waals surface area contributed by atoms with E-state index in [1.54, 1.807) is 28.0 Å². The van der Waals surface area contributed by atoms with Crippen LogP contribution >= 0.6 is 0 Å². The summed E-state index contributed by atoms with van der Waals surface area (Å²) in [5.74, 6) is -2.94. The van der Waals surface area contributed by atoms with Crippen molar-refractivity contribution >= 4 is 34.7 Å². The predicted octanol–water partition coefficient (Wildman–Crippen LogP) is 3.14. The number of unbranched alkanes of at least 4 members (excludes halogenated alkanes) is 1. The molecule has 0 aliphatic carbocycles. The number of aromatic nitrogens is 1. The van der Waals surface area contributed by atoms with E-state index in [4.69, 9.17) is 9.47 Å². The van der Waals surface area contributed by atoms with Crippen molar-refractivity contribution in [3.63, 3.8) is 0 Å². The van der Waals surface area contributed by atoms with E-state index in [0.717, 1.165) is 23.3 Å². The Bertz CT molecular complexity index is 1350. The van der Waals surface area contributed by atoms with Crippen LogP contribution < -0.4 is 10.1 Å². The average molecular weight is 608 g/mol. The van der Waals surface area contributed by atoms with Crippen molar-refractivity contribution < 1.29 is 41.8 Å². The molecule has 0 spiro atoms. The van der Waals surface area contributed by atoms with E-state index in [0.29, 0.717) is 43.7 Å². The summed E-state index contributed by atoms with van der Waals surface area (Å²) in [7, 11) is 0. The number of fused-ring (bicyclic) bond motifs is 1. The number of carbonyl (C=O) groups is 4. The van der Waals surface area contributed by atoms with Crippen LogP contribution in [0.2, 0.25) is 0 Å². The molecule has 1 aromatic carbocycles. The van der Waals surface area contributed by atoms with Crippen LogP contribution in [0.5, 0.6) is 5.75 Å². The fourth-order valence-corrected chi connectivity index (χ4v) is 4.92. The summed E-state index contributed by atoms with van der Waals surface area (Å²) < 4.78 is 50.0. The first-order valence-corrected chi connectivity index (χ1v) is 14.3. The van der Waals surface area contributed by atoms with Crippen LogP contribution in [0.1, 0.15) is 42.2 Å². The third kappa shape index (κ3) is 8.26. The second kappa shape index (κ2) is 13.9. The number of halogens is 3. The highest BCUT2D eigenvalue weighted by molar-refractivity contribution is 5.98. The number of piperazine rings is 1. The van der Waals surface area contributed by atoms with E-state index in [1.165, 1.54) is 6.07 Å². The number of pyridine rings is 1. The van der Waals surface area contributed by atoms with Gasteiger partial charge in [0.15, 0.2) is 6.61 Å². The van der Waals surface area contributed by atoms with Crippen LogP contribution in [0.3, 0.4) is 0 Å². The van der Waals surface area contributed by atoms with Gasteiger partial charge in [-0.2, -0.15) is 13.2 Å². The lowest BCUT2D eigenvalue weighted by Crippen LogP contribution is -2.52. The molecule has 0 radical (unpaired) electrons. The Morgan fingerprint density at radius 1 is 1.00 bits per heavy atom. The van der Waals surface area contributed by atoms with E-state index in [9.17, 15) is 32.3 Å². The molecule has 2 aliphatic rings. The number of amides is 4. The van der Waals surface area contributed by atoms with Gasteiger partial charge in [-0.3, -0.25) is 14.4 Å². The second-order valence-corrected chi connectivity index (χ2v) is 10.7. The molecular weight excluding hydrogens is 571 g/mol. The molecular formula is C29H36F3N5O6. The number of nitrogens with one attached hydrogen (secondary N) is 1. The van der Waals surface area contributed by atoms with Crippen LogP contribution in [-0.2, 0) is 14.3 Å². The van der Waals surface area contributed by atoms with E-state index in [-0.39, 0.29) is 36.9 Å². The maximum Gasteiger partial charge on any atom is 0.409 e. The maximum absolute atomic E-state index is 13.0. The number of alkyl halides is 3. The van der Waals surface area contributed by atoms with Crippen molar-refractivity contribution in [1.29, 1.82) is 0 Å². The van der Waals surface area contributed by atoms with Gasteiger partial charge in [0, 0.05) is 50.7 Å². The molecule has 1 N–H and O–H groups in total. The Morgan fingerprint density at radius 3 is 2.40 bits per heavy atom. The first-order chi connectivity index (χ1) is 20.5. The molecule has 3 heterocycles. The van der Waals surface area contributed by atoms with Crippen molar-refractivity contribution in [2.75, 3.05) is 59.0 Å². The first-order valence-electron chi connectivity index (χ1n) is 14.3. The lowest BCUT2D eigenvalue weighted by Gasteiger charge is -2.34. The van der Waals surface area contributed by atoms with Crippen LogP contribution in [0.25, 0.3) is 10.9 Å². The Hall–Kier alpha value is -4.10. The van der Waals surface area contributed by atoms with Gasteiger partial charge < -0.3 is 29.5 Å². The van der Waals surface area contributed by atoms with Gasteiger partial charge in [-0.15, -0.1) is 0 Å². The number of hydrogen-bond acceptors (Lipinski definition) is 7. The van der Waals surface area contributed by atoms with Gasteiger partial charge in [-0.05, 0) is 37.5 Å². The summed E-state index contributed by atoms with van der Waals surface area (Å²) in [6, 6.07) is 6.59. The minimum Gasteiger partial charge on any atom is -0.483 e. The topological polar surface area (TPSA) is 121 Å². The third-order valence-corrected chi connectivity index (χ3v) is 7.53. The molecule has 2 aliphatic heterocycles. The molecule has 11 nitrogen and oxygen atoms in total. The van der Waals surface area contributed by atoms with Crippen molar-refractivity contribution in [2.24, 2.45) is 5.92 Å². The molecule has 14 heteroatoms. The molecule has 1 unspecified atom stereocenters. The summed E-state index contributed by atoms with van der Waals surface area (Å²) in [6.07, 6.45) is -3.23. The summed E-state index contributed by atoms with van der Waals surface area (Å²) in [5, 5.41) is 3.08. The van der Waals surface area contributed by atoms with E-state index < -0.39 is 43.2 Å². The molecule has 2 saturated heterocycles.